The normalized spacial score (nSPS) is 21.6. The molecular formula is C16H18N2O5S. The van der Waals surface area contributed by atoms with Gasteiger partial charge in [-0.3, -0.25) is 19.3 Å². The van der Waals surface area contributed by atoms with Crippen molar-refractivity contribution in [1.82, 2.24) is 9.80 Å². The fourth-order valence-corrected chi connectivity index (χ4v) is 4.76. The predicted octanol–water partition coefficient (Wildman–Crippen LogP) is 0.210. The largest absolute Gasteiger partial charge is 0.340 e. The van der Waals surface area contributed by atoms with Crippen molar-refractivity contribution >= 4 is 27.6 Å². The highest BCUT2D eigenvalue weighted by atomic mass is 32.2. The first-order valence-corrected chi connectivity index (χ1v) is 9.34. The number of rotatable bonds is 4. The van der Waals surface area contributed by atoms with Gasteiger partial charge in [-0.2, -0.15) is 0 Å². The van der Waals surface area contributed by atoms with Gasteiger partial charge in [-0.15, -0.1) is 0 Å². The van der Waals surface area contributed by atoms with E-state index in [9.17, 15) is 22.8 Å². The molecule has 0 bridgehead atoms. The highest BCUT2D eigenvalue weighted by molar-refractivity contribution is 7.92. The summed E-state index contributed by atoms with van der Waals surface area (Å²) >= 11 is 0. The van der Waals surface area contributed by atoms with E-state index in [1.54, 1.807) is 30.3 Å². The Bertz CT molecular complexity index is 759. The third-order valence-corrected chi connectivity index (χ3v) is 6.65. The number of carbonyl (C=O) groups is 3. The average molecular weight is 350 g/mol. The lowest BCUT2D eigenvalue weighted by Crippen LogP contribution is -2.42. The molecule has 0 aliphatic carbocycles. The summed E-state index contributed by atoms with van der Waals surface area (Å²) in [7, 11) is -3.50. The lowest BCUT2D eigenvalue weighted by molar-refractivity contribution is -0.145. The number of nitrogens with zero attached hydrogens (tertiary/aromatic N) is 2. The molecule has 3 rings (SSSR count). The fraction of sp³-hybridized carbons (Fsp3) is 0.438. The van der Waals surface area contributed by atoms with Gasteiger partial charge in [-0.1, -0.05) is 18.2 Å². The minimum absolute atomic E-state index is 0.0896. The molecule has 3 amide bonds. The van der Waals surface area contributed by atoms with Gasteiger partial charge < -0.3 is 4.90 Å². The van der Waals surface area contributed by atoms with Crippen molar-refractivity contribution < 1.29 is 22.8 Å². The summed E-state index contributed by atoms with van der Waals surface area (Å²) in [5.41, 5.74) is 0. The summed E-state index contributed by atoms with van der Waals surface area (Å²) in [6.07, 6.45) is 0.624. The number of carbonyl (C=O) groups excluding carboxylic acids is 3. The third-order valence-electron chi connectivity index (χ3n) is 4.46. The number of amides is 3. The second kappa shape index (κ2) is 6.35. The predicted molar refractivity (Wildman–Crippen MR) is 84.6 cm³/mol. The summed E-state index contributed by atoms with van der Waals surface area (Å²) in [5.74, 6) is -1.08. The molecule has 2 saturated heterocycles. The van der Waals surface area contributed by atoms with Gasteiger partial charge in [0.15, 0.2) is 9.84 Å². The van der Waals surface area contributed by atoms with Gasteiger partial charge in [0.05, 0.1) is 10.1 Å². The van der Waals surface area contributed by atoms with E-state index in [0.29, 0.717) is 13.0 Å². The maximum absolute atomic E-state index is 12.6. The molecule has 8 heteroatoms. The van der Waals surface area contributed by atoms with Gasteiger partial charge in [0, 0.05) is 25.9 Å². The lowest BCUT2D eigenvalue weighted by atomic mass is 10.4. The second-order valence-corrected chi connectivity index (χ2v) is 8.21. The lowest BCUT2D eigenvalue weighted by Gasteiger charge is -2.20. The van der Waals surface area contributed by atoms with E-state index in [-0.39, 0.29) is 48.5 Å². The minimum atomic E-state index is -3.50. The van der Waals surface area contributed by atoms with Crippen LogP contribution in [0.1, 0.15) is 19.3 Å². The zero-order chi connectivity index (χ0) is 17.3. The Morgan fingerprint density at radius 3 is 2.33 bits per heavy atom. The van der Waals surface area contributed by atoms with E-state index in [1.165, 1.54) is 4.90 Å². The van der Waals surface area contributed by atoms with Crippen molar-refractivity contribution in [2.45, 2.75) is 29.4 Å². The van der Waals surface area contributed by atoms with Crippen LogP contribution in [0.2, 0.25) is 0 Å². The molecule has 128 valence electrons. The van der Waals surface area contributed by atoms with Gasteiger partial charge in [0.25, 0.3) is 0 Å². The highest BCUT2D eigenvalue weighted by Gasteiger charge is 2.38. The molecule has 7 nitrogen and oxygen atoms in total. The fourth-order valence-electron chi connectivity index (χ4n) is 3.05. The van der Waals surface area contributed by atoms with Crippen molar-refractivity contribution in [3.8, 4) is 0 Å². The van der Waals surface area contributed by atoms with Crippen LogP contribution in [-0.4, -0.2) is 60.8 Å². The number of imide groups is 1. The van der Waals surface area contributed by atoms with Crippen molar-refractivity contribution in [1.29, 1.82) is 0 Å². The van der Waals surface area contributed by atoms with Crippen LogP contribution in [-0.2, 0) is 24.2 Å². The van der Waals surface area contributed by atoms with Gasteiger partial charge in [0.2, 0.25) is 17.7 Å². The van der Waals surface area contributed by atoms with Crippen LogP contribution in [0.5, 0.6) is 0 Å². The van der Waals surface area contributed by atoms with Crippen molar-refractivity contribution in [2.24, 2.45) is 0 Å². The molecule has 0 spiro atoms. The maximum Gasteiger partial charge on any atom is 0.242 e. The van der Waals surface area contributed by atoms with E-state index >= 15 is 0 Å². The molecule has 2 aliphatic heterocycles. The van der Waals surface area contributed by atoms with Crippen LogP contribution in [0.15, 0.2) is 35.2 Å². The first kappa shape index (κ1) is 16.6. The molecule has 0 aromatic heterocycles. The Labute approximate surface area is 140 Å². The van der Waals surface area contributed by atoms with Gasteiger partial charge in [0.1, 0.15) is 6.54 Å². The van der Waals surface area contributed by atoms with Crippen LogP contribution in [0, 0.1) is 0 Å². The molecule has 2 fully saturated rings. The van der Waals surface area contributed by atoms with E-state index in [0.717, 1.165) is 4.90 Å². The number of likely N-dealkylation sites (tertiary alicyclic amines) is 2. The zero-order valence-corrected chi connectivity index (χ0v) is 13.9. The van der Waals surface area contributed by atoms with Crippen LogP contribution >= 0.6 is 0 Å². The van der Waals surface area contributed by atoms with E-state index in [2.05, 4.69) is 0 Å². The molecule has 0 saturated carbocycles. The SMILES string of the molecule is O=C(CN1C(=O)CCC1=O)N1CC[C@H](S(=O)(=O)c2ccccc2)C1. The zero-order valence-electron chi connectivity index (χ0n) is 13.1. The Morgan fingerprint density at radius 1 is 1.08 bits per heavy atom. The molecule has 1 aromatic carbocycles. The van der Waals surface area contributed by atoms with Gasteiger partial charge >= 0.3 is 0 Å². The molecular weight excluding hydrogens is 332 g/mol. The molecule has 1 aromatic rings. The molecule has 24 heavy (non-hydrogen) atoms. The second-order valence-electron chi connectivity index (χ2n) is 5.98. The third kappa shape index (κ3) is 3.06. The first-order valence-electron chi connectivity index (χ1n) is 7.79. The Kier molecular flexibility index (Phi) is 4.40. The first-order chi connectivity index (χ1) is 11.4. The topological polar surface area (TPSA) is 91.8 Å². The summed E-state index contributed by atoms with van der Waals surface area (Å²) in [5, 5.41) is -0.658. The minimum Gasteiger partial charge on any atom is -0.340 e. The van der Waals surface area contributed by atoms with Crippen LogP contribution in [0.25, 0.3) is 0 Å². The average Bonchev–Trinajstić information content (AvgIpc) is 3.19. The van der Waals surface area contributed by atoms with E-state index in [4.69, 9.17) is 0 Å². The van der Waals surface area contributed by atoms with Gasteiger partial charge in [-0.05, 0) is 18.6 Å². The van der Waals surface area contributed by atoms with Crippen LogP contribution < -0.4 is 0 Å². The van der Waals surface area contributed by atoms with Crippen LogP contribution in [0.3, 0.4) is 0 Å². The van der Waals surface area contributed by atoms with E-state index < -0.39 is 15.1 Å². The molecule has 0 radical (unpaired) electrons. The summed E-state index contributed by atoms with van der Waals surface area (Å²) in [6.45, 7) is 0.105. The van der Waals surface area contributed by atoms with Gasteiger partial charge in [-0.25, -0.2) is 8.42 Å². The number of sulfone groups is 1. The molecule has 2 heterocycles. The van der Waals surface area contributed by atoms with Crippen molar-refractivity contribution in [3.63, 3.8) is 0 Å². The summed E-state index contributed by atoms with van der Waals surface area (Å²) in [4.78, 5) is 38.1. The van der Waals surface area contributed by atoms with Crippen LogP contribution in [0.4, 0.5) is 0 Å². The monoisotopic (exact) mass is 350 g/mol. The molecule has 0 N–H and O–H groups in total. The summed E-state index contributed by atoms with van der Waals surface area (Å²) in [6, 6.07) is 8.15. The number of hydrogen-bond donors (Lipinski definition) is 0. The molecule has 2 aliphatic rings. The Morgan fingerprint density at radius 2 is 1.71 bits per heavy atom. The van der Waals surface area contributed by atoms with E-state index in [1.807, 2.05) is 0 Å². The highest BCUT2D eigenvalue weighted by Crippen LogP contribution is 2.24. The summed E-state index contributed by atoms with van der Waals surface area (Å²) < 4.78 is 25.2. The van der Waals surface area contributed by atoms with Crippen molar-refractivity contribution in [2.75, 3.05) is 19.6 Å². The smallest absolute Gasteiger partial charge is 0.242 e. The molecule has 1 atom stereocenters. The maximum atomic E-state index is 12.6. The quantitative estimate of drug-likeness (QED) is 0.724. The Hall–Kier alpha value is -2.22. The van der Waals surface area contributed by atoms with Crippen molar-refractivity contribution in [3.05, 3.63) is 30.3 Å². The number of benzene rings is 1. The standard InChI is InChI=1S/C16H18N2O5S/c19-14-6-7-15(20)18(14)11-16(21)17-9-8-13(10-17)24(22,23)12-4-2-1-3-5-12/h1-5,13H,6-11H2/t13-/m0/s1. The number of hydrogen-bond acceptors (Lipinski definition) is 5. The Balaban J connectivity index is 1.66. The molecule has 0 unspecified atom stereocenters.